The Balaban J connectivity index is 1.57. The summed E-state index contributed by atoms with van der Waals surface area (Å²) in [5.74, 6) is 5.02. The third-order valence-electron chi connectivity index (χ3n) is 7.39. The number of carbonyl (C=O) groups excluding carboxylic acids is 2. The summed E-state index contributed by atoms with van der Waals surface area (Å²) in [5.41, 5.74) is 2.29. The van der Waals surface area contributed by atoms with Gasteiger partial charge in [0.2, 0.25) is 0 Å². The van der Waals surface area contributed by atoms with Gasteiger partial charge in [-0.2, -0.15) is 13.2 Å². The van der Waals surface area contributed by atoms with Crippen LogP contribution in [0.1, 0.15) is 56.6 Å². The van der Waals surface area contributed by atoms with Crippen molar-refractivity contribution in [3.05, 3.63) is 53.7 Å². The number of aromatic nitrogens is 1. The van der Waals surface area contributed by atoms with Gasteiger partial charge in [0, 0.05) is 55.3 Å². The Bertz CT molecular complexity index is 1540. The zero-order valence-corrected chi connectivity index (χ0v) is 25.1. The molecule has 3 N–H and O–H groups in total. The predicted octanol–water partition coefficient (Wildman–Crippen LogP) is 5.63. The number of alkyl halides is 3. The number of nitrogens with one attached hydrogen (secondary N) is 3. The summed E-state index contributed by atoms with van der Waals surface area (Å²) in [6, 6.07) is 11.8. The lowest BCUT2D eigenvalue weighted by Gasteiger charge is -2.41. The molecule has 0 radical (unpaired) electrons. The van der Waals surface area contributed by atoms with Crippen LogP contribution in [0.3, 0.4) is 0 Å². The fraction of sp³-hybridized carbons (Fsp3) is 0.438. The largest absolute Gasteiger partial charge is 0.424 e. The first kappa shape index (κ1) is 31.8. The fourth-order valence-corrected chi connectivity index (χ4v) is 5.25. The van der Waals surface area contributed by atoms with Crippen molar-refractivity contribution in [2.45, 2.75) is 64.8 Å². The molecule has 1 aromatic heterocycles. The van der Waals surface area contributed by atoms with Crippen molar-refractivity contribution in [2.24, 2.45) is 0 Å². The van der Waals surface area contributed by atoms with Crippen LogP contribution in [0.2, 0.25) is 0 Å². The Morgan fingerprint density at radius 1 is 1.05 bits per heavy atom. The SMILES string of the molecule is CNC(=O)c1ccc(NCC#Cc2cc3c(NC4CCN(C(C)(C)C)CC4)cccc3n2CC(F)(F)F)c(OC(C)=O)c1. The number of piperidine rings is 1. The number of anilines is 2. The van der Waals surface area contributed by atoms with Gasteiger partial charge in [0.05, 0.1) is 23.4 Å². The number of halogens is 3. The Hall–Kier alpha value is -4.17. The maximum absolute atomic E-state index is 13.6. The highest BCUT2D eigenvalue weighted by Gasteiger charge is 2.30. The second-order valence-electron chi connectivity index (χ2n) is 11.6. The highest BCUT2D eigenvalue weighted by atomic mass is 19.4. The lowest BCUT2D eigenvalue weighted by molar-refractivity contribution is -0.140. The molecule has 0 saturated carbocycles. The minimum Gasteiger partial charge on any atom is -0.424 e. The summed E-state index contributed by atoms with van der Waals surface area (Å²) in [5, 5.41) is 9.79. The molecule has 1 saturated heterocycles. The van der Waals surface area contributed by atoms with E-state index >= 15 is 0 Å². The zero-order valence-electron chi connectivity index (χ0n) is 25.1. The van der Waals surface area contributed by atoms with Gasteiger partial charge in [0.25, 0.3) is 5.91 Å². The van der Waals surface area contributed by atoms with Gasteiger partial charge in [-0.3, -0.25) is 14.5 Å². The highest BCUT2D eigenvalue weighted by molar-refractivity contribution is 5.95. The van der Waals surface area contributed by atoms with Crippen LogP contribution in [-0.4, -0.2) is 65.8 Å². The van der Waals surface area contributed by atoms with Crippen LogP contribution in [0.15, 0.2) is 42.5 Å². The summed E-state index contributed by atoms with van der Waals surface area (Å²) >= 11 is 0. The molecule has 11 heteroatoms. The maximum atomic E-state index is 13.6. The van der Waals surface area contributed by atoms with Crippen LogP contribution in [0.4, 0.5) is 24.5 Å². The standard InChI is InChI=1S/C32H38F3N5O3/c1-21(41)43-29-18-22(30(42)36-5)11-12-27(29)37-15-7-8-24-19-25-26(9-6-10-28(25)40(24)20-32(33,34)35)38-23-13-16-39(17-14-23)31(2,3)4/h6,9-12,18-19,23,37-38H,13-17,20H2,1-5H3,(H,36,42). The van der Waals surface area contributed by atoms with Gasteiger partial charge in [0.1, 0.15) is 6.54 Å². The molecule has 0 atom stereocenters. The Labute approximate surface area is 249 Å². The number of amides is 1. The fourth-order valence-electron chi connectivity index (χ4n) is 5.25. The van der Waals surface area contributed by atoms with Crippen LogP contribution in [0.5, 0.6) is 5.75 Å². The minimum absolute atomic E-state index is 0.0542. The van der Waals surface area contributed by atoms with E-state index in [-0.39, 0.29) is 35.5 Å². The number of hydrogen-bond donors (Lipinski definition) is 3. The Kier molecular flexibility index (Phi) is 9.60. The number of rotatable bonds is 7. The maximum Gasteiger partial charge on any atom is 0.406 e. The van der Waals surface area contributed by atoms with Gasteiger partial charge < -0.3 is 25.3 Å². The normalized spacial score (nSPS) is 14.6. The van der Waals surface area contributed by atoms with Crippen molar-refractivity contribution < 1.29 is 27.5 Å². The number of fused-ring (bicyclic) bond motifs is 1. The summed E-state index contributed by atoms with van der Waals surface area (Å²) in [6.07, 6.45) is -2.56. The van der Waals surface area contributed by atoms with E-state index in [1.807, 2.05) is 6.07 Å². The highest BCUT2D eigenvalue weighted by Crippen LogP contribution is 2.32. The molecule has 2 aromatic carbocycles. The Morgan fingerprint density at radius 2 is 1.77 bits per heavy atom. The molecular formula is C32H38F3N5O3. The second kappa shape index (κ2) is 13.0. The second-order valence-corrected chi connectivity index (χ2v) is 11.6. The van der Waals surface area contributed by atoms with Gasteiger partial charge in [-0.15, -0.1) is 0 Å². The minimum atomic E-state index is -4.44. The lowest BCUT2D eigenvalue weighted by atomic mass is 9.97. The van der Waals surface area contributed by atoms with Gasteiger partial charge >= 0.3 is 12.1 Å². The molecule has 0 bridgehead atoms. The molecule has 43 heavy (non-hydrogen) atoms. The van der Waals surface area contributed by atoms with Crippen molar-refractivity contribution >= 4 is 34.2 Å². The monoisotopic (exact) mass is 597 g/mol. The van der Waals surface area contributed by atoms with Crippen LogP contribution < -0.4 is 20.7 Å². The number of ether oxygens (including phenoxy) is 1. The first-order valence-electron chi connectivity index (χ1n) is 14.2. The summed E-state index contributed by atoms with van der Waals surface area (Å²) in [7, 11) is 1.49. The van der Waals surface area contributed by atoms with E-state index < -0.39 is 18.7 Å². The first-order chi connectivity index (χ1) is 20.2. The topological polar surface area (TPSA) is 87.6 Å². The molecule has 230 valence electrons. The molecule has 1 amide bonds. The lowest BCUT2D eigenvalue weighted by Crippen LogP contribution is -2.48. The van der Waals surface area contributed by atoms with E-state index in [0.717, 1.165) is 31.6 Å². The van der Waals surface area contributed by atoms with Gasteiger partial charge in [-0.25, -0.2) is 0 Å². The van der Waals surface area contributed by atoms with Crippen molar-refractivity contribution in [2.75, 3.05) is 37.3 Å². The molecule has 4 rings (SSSR count). The van der Waals surface area contributed by atoms with Gasteiger partial charge in [0.15, 0.2) is 5.75 Å². The number of likely N-dealkylation sites (tertiary alicyclic amines) is 1. The molecule has 3 aromatic rings. The van der Waals surface area contributed by atoms with E-state index in [1.54, 1.807) is 30.3 Å². The van der Waals surface area contributed by atoms with Crippen molar-refractivity contribution in [1.29, 1.82) is 0 Å². The van der Waals surface area contributed by atoms with Crippen LogP contribution in [0.25, 0.3) is 10.9 Å². The quantitative estimate of drug-likeness (QED) is 0.186. The number of nitrogens with zero attached hydrogens (tertiary/aromatic N) is 2. The van der Waals surface area contributed by atoms with Crippen molar-refractivity contribution in [3.63, 3.8) is 0 Å². The summed E-state index contributed by atoms with van der Waals surface area (Å²) in [4.78, 5) is 26.0. The number of esters is 1. The zero-order chi connectivity index (χ0) is 31.4. The number of carbonyl (C=O) groups is 2. The predicted molar refractivity (Wildman–Crippen MR) is 162 cm³/mol. The molecule has 1 fully saturated rings. The molecule has 1 aliphatic rings. The van der Waals surface area contributed by atoms with E-state index in [9.17, 15) is 22.8 Å². The average molecular weight is 598 g/mol. The van der Waals surface area contributed by atoms with Crippen molar-refractivity contribution in [3.8, 4) is 17.6 Å². The molecule has 0 spiro atoms. The van der Waals surface area contributed by atoms with Gasteiger partial charge in [-0.05, 0) is 75.9 Å². The van der Waals surface area contributed by atoms with E-state index in [4.69, 9.17) is 4.74 Å². The molecule has 8 nitrogen and oxygen atoms in total. The summed E-state index contributed by atoms with van der Waals surface area (Å²) in [6.45, 7) is 8.62. The van der Waals surface area contributed by atoms with Crippen LogP contribution in [0, 0.1) is 11.8 Å². The number of hydrogen-bond acceptors (Lipinski definition) is 6. The third kappa shape index (κ3) is 8.23. The van der Waals surface area contributed by atoms with Crippen molar-refractivity contribution in [1.82, 2.24) is 14.8 Å². The van der Waals surface area contributed by atoms with Gasteiger partial charge in [-0.1, -0.05) is 12.0 Å². The average Bonchev–Trinajstić information content (AvgIpc) is 3.27. The first-order valence-corrected chi connectivity index (χ1v) is 14.2. The molecule has 1 aliphatic heterocycles. The van der Waals surface area contributed by atoms with E-state index in [1.165, 1.54) is 24.6 Å². The molecule has 0 aliphatic carbocycles. The van der Waals surface area contributed by atoms with Crippen LogP contribution >= 0.6 is 0 Å². The molecule has 2 heterocycles. The number of benzene rings is 2. The third-order valence-corrected chi connectivity index (χ3v) is 7.39. The van der Waals surface area contributed by atoms with E-state index in [2.05, 4.69) is 53.5 Å². The molecular weight excluding hydrogens is 559 g/mol. The summed E-state index contributed by atoms with van der Waals surface area (Å²) < 4.78 is 47.3. The Morgan fingerprint density at radius 3 is 2.40 bits per heavy atom. The molecule has 0 unspecified atom stereocenters. The van der Waals surface area contributed by atoms with E-state index in [0.29, 0.717) is 22.2 Å². The van der Waals surface area contributed by atoms with Crippen LogP contribution in [-0.2, 0) is 11.3 Å². The smallest absolute Gasteiger partial charge is 0.406 e.